The molecule has 0 unspecified atom stereocenters. The van der Waals surface area contributed by atoms with Crippen LogP contribution in [-0.2, 0) is 4.74 Å². The molecule has 4 N–H and O–H groups in total. The van der Waals surface area contributed by atoms with Crippen molar-refractivity contribution in [2.45, 2.75) is 13.3 Å². The maximum absolute atomic E-state index is 6.04. The number of benzene rings is 1. The first kappa shape index (κ1) is 16.6. The predicted octanol–water partition coefficient (Wildman–Crippen LogP) is 2.01. The van der Waals surface area contributed by atoms with Crippen molar-refractivity contribution in [3.63, 3.8) is 0 Å². The van der Waals surface area contributed by atoms with Crippen molar-refractivity contribution in [3.8, 4) is 5.75 Å². The molecule has 0 aromatic heterocycles. The zero-order valence-corrected chi connectivity index (χ0v) is 12.5. The number of anilines is 1. The summed E-state index contributed by atoms with van der Waals surface area (Å²) >= 11 is 6.04. The summed E-state index contributed by atoms with van der Waals surface area (Å²) in [5.74, 6) is 6.52. The summed E-state index contributed by atoms with van der Waals surface area (Å²) in [6.45, 7) is 3.99. The first-order valence-electron chi connectivity index (χ1n) is 6.40. The van der Waals surface area contributed by atoms with Crippen molar-refractivity contribution < 1.29 is 9.47 Å². The van der Waals surface area contributed by atoms with Crippen LogP contribution in [0.5, 0.6) is 5.75 Å². The van der Waals surface area contributed by atoms with Crippen LogP contribution in [0.1, 0.15) is 13.3 Å². The fourth-order valence-electron chi connectivity index (χ4n) is 1.50. The topological polar surface area (TPSA) is 80.9 Å². The van der Waals surface area contributed by atoms with Crippen LogP contribution in [0.2, 0.25) is 5.02 Å². The molecule has 6 nitrogen and oxygen atoms in total. The van der Waals surface area contributed by atoms with E-state index in [9.17, 15) is 0 Å². The monoisotopic (exact) mass is 300 g/mol. The summed E-state index contributed by atoms with van der Waals surface area (Å²) in [5.41, 5.74) is 3.29. The second-order valence-corrected chi connectivity index (χ2v) is 4.31. The van der Waals surface area contributed by atoms with Gasteiger partial charge in [0.05, 0.1) is 12.1 Å². The van der Waals surface area contributed by atoms with Gasteiger partial charge in [-0.25, -0.2) is 5.84 Å². The highest BCUT2D eigenvalue weighted by atomic mass is 35.5. The maximum Gasteiger partial charge on any atom is 0.210 e. The Morgan fingerprint density at radius 2 is 2.25 bits per heavy atom. The lowest BCUT2D eigenvalue weighted by atomic mass is 10.3. The summed E-state index contributed by atoms with van der Waals surface area (Å²) in [4.78, 5) is 4.30. The number of nitrogens with zero attached hydrogens (tertiary/aromatic N) is 1. The highest BCUT2D eigenvalue weighted by Gasteiger charge is 2.03. The molecule has 0 fully saturated rings. The van der Waals surface area contributed by atoms with Crippen LogP contribution in [0.4, 0.5) is 5.69 Å². The van der Waals surface area contributed by atoms with Crippen LogP contribution in [0, 0.1) is 0 Å². The largest absolute Gasteiger partial charge is 0.495 e. The van der Waals surface area contributed by atoms with E-state index in [0.29, 0.717) is 36.5 Å². The smallest absolute Gasteiger partial charge is 0.210 e. The molecule has 20 heavy (non-hydrogen) atoms. The average Bonchev–Trinajstić information content (AvgIpc) is 2.46. The van der Waals surface area contributed by atoms with Gasteiger partial charge in [0, 0.05) is 25.4 Å². The molecule has 0 aliphatic carbocycles. The van der Waals surface area contributed by atoms with E-state index in [1.165, 1.54) is 0 Å². The van der Waals surface area contributed by atoms with Crippen LogP contribution < -0.4 is 21.3 Å². The molecular formula is C13H21ClN4O2. The van der Waals surface area contributed by atoms with Crippen LogP contribution >= 0.6 is 11.6 Å². The van der Waals surface area contributed by atoms with E-state index in [-0.39, 0.29) is 0 Å². The highest BCUT2D eigenvalue weighted by molar-refractivity contribution is 6.32. The molecule has 7 heteroatoms. The second-order valence-electron chi connectivity index (χ2n) is 3.90. The molecule has 1 rings (SSSR count). The number of ether oxygens (including phenoxy) is 2. The fraction of sp³-hybridized carbons (Fsp3) is 0.462. The summed E-state index contributed by atoms with van der Waals surface area (Å²) in [6.07, 6.45) is 0.837. The Hall–Kier alpha value is -1.50. The Bertz CT molecular complexity index is 440. The quantitative estimate of drug-likeness (QED) is 0.236. The number of halogens is 1. The van der Waals surface area contributed by atoms with Crippen molar-refractivity contribution in [1.82, 2.24) is 5.43 Å². The summed E-state index contributed by atoms with van der Waals surface area (Å²) in [6, 6.07) is 5.35. The van der Waals surface area contributed by atoms with Gasteiger partial charge in [-0.2, -0.15) is 0 Å². The van der Waals surface area contributed by atoms with Gasteiger partial charge in [-0.15, -0.1) is 0 Å². The van der Waals surface area contributed by atoms with Crippen molar-refractivity contribution in [1.29, 1.82) is 0 Å². The first-order chi connectivity index (χ1) is 9.71. The molecule has 0 amide bonds. The molecule has 0 heterocycles. The number of guanidine groups is 1. The van der Waals surface area contributed by atoms with Gasteiger partial charge in [-0.05, 0) is 31.5 Å². The number of rotatable bonds is 7. The zero-order chi connectivity index (χ0) is 14.8. The molecule has 0 aliphatic rings. The van der Waals surface area contributed by atoms with E-state index in [0.717, 1.165) is 12.1 Å². The summed E-state index contributed by atoms with van der Waals surface area (Å²) in [5, 5.41) is 3.56. The van der Waals surface area contributed by atoms with Gasteiger partial charge in [-0.1, -0.05) is 11.6 Å². The van der Waals surface area contributed by atoms with Crippen molar-refractivity contribution >= 4 is 23.2 Å². The van der Waals surface area contributed by atoms with Crippen LogP contribution in [0.15, 0.2) is 23.2 Å². The van der Waals surface area contributed by atoms with Gasteiger partial charge < -0.3 is 14.8 Å². The number of aliphatic imine (C=N–C) groups is 1. The van der Waals surface area contributed by atoms with E-state index in [2.05, 4.69) is 15.7 Å². The van der Waals surface area contributed by atoms with Gasteiger partial charge in [0.25, 0.3) is 0 Å². The molecule has 1 aromatic carbocycles. The van der Waals surface area contributed by atoms with Crippen LogP contribution in [0.25, 0.3) is 0 Å². The van der Waals surface area contributed by atoms with Gasteiger partial charge in [0.2, 0.25) is 5.96 Å². The number of methoxy groups -OCH3 is 1. The van der Waals surface area contributed by atoms with E-state index >= 15 is 0 Å². The number of nitrogens with two attached hydrogens (primary N) is 1. The Kier molecular flexibility index (Phi) is 7.79. The minimum Gasteiger partial charge on any atom is -0.495 e. The normalized spacial score (nSPS) is 11.3. The number of hydrazine groups is 1. The van der Waals surface area contributed by atoms with Crippen molar-refractivity contribution in [2.24, 2.45) is 10.8 Å². The number of hydrogen-bond donors (Lipinski definition) is 3. The molecule has 0 saturated heterocycles. The second kappa shape index (κ2) is 9.41. The fourth-order valence-corrected chi connectivity index (χ4v) is 1.76. The zero-order valence-electron chi connectivity index (χ0n) is 11.8. The molecule has 0 radical (unpaired) electrons. The third kappa shape index (κ3) is 5.64. The minimum absolute atomic E-state index is 0.475. The molecule has 0 atom stereocenters. The summed E-state index contributed by atoms with van der Waals surface area (Å²) < 4.78 is 10.3. The lowest BCUT2D eigenvalue weighted by molar-refractivity contribution is 0.146. The first-order valence-corrected chi connectivity index (χ1v) is 6.78. The van der Waals surface area contributed by atoms with Crippen LogP contribution in [-0.4, -0.2) is 32.8 Å². The number of hydrogen-bond acceptors (Lipinski definition) is 4. The van der Waals surface area contributed by atoms with E-state index in [4.69, 9.17) is 26.9 Å². The van der Waals surface area contributed by atoms with Gasteiger partial charge in [-0.3, -0.25) is 10.4 Å². The molecule has 112 valence electrons. The van der Waals surface area contributed by atoms with Gasteiger partial charge in [0.1, 0.15) is 5.75 Å². The Labute approximate surface area is 124 Å². The van der Waals surface area contributed by atoms with Crippen molar-refractivity contribution in [3.05, 3.63) is 23.2 Å². The van der Waals surface area contributed by atoms with Crippen LogP contribution in [0.3, 0.4) is 0 Å². The molecule has 0 bridgehead atoms. The molecule has 0 spiro atoms. The summed E-state index contributed by atoms with van der Waals surface area (Å²) in [7, 11) is 1.57. The van der Waals surface area contributed by atoms with Gasteiger partial charge >= 0.3 is 0 Å². The minimum atomic E-state index is 0.475. The third-order valence-corrected chi connectivity index (χ3v) is 2.77. The van der Waals surface area contributed by atoms with E-state index < -0.39 is 0 Å². The van der Waals surface area contributed by atoms with Crippen molar-refractivity contribution in [2.75, 3.05) is 32.2 Å². The molecule has 1 aromatic rings. The molecule has 0 aliphatic heterocycles. The number of nitrogens with one attached hydrogen (secondary N) is 2. The average molecular weight is 301 g/mol. The van der Waals surface area contributed by atoms with Gasteiger partial charge in [0.15, 0.2) is 0 Å². The maximum atomic E-state index is 6.04. The SMILES string of the molecule is CCOCCCN=C(NN)Nc1ccc(OC)c(Cl)c1. The van der Waals surface area contributed by atoms with E-state index in [1.807, 2.05) is 13.0 Å². The standard InChI is InChI=1S/C13H21ClN4O2/c1-3-20-8-4-7-16-13(18-15)17-10-5-6-12(19-2)11(14)9-10/h5-6,9H,3-4,7-8,15H2,1-2H3,(H2,16,17,18). The Balaban J connectivity index is 2.54. The molecule has 0 saturated carbocycles. The third-order valence-electron chi connectivity index (χ3n) is 2.47. The highest BCUT2D eigenvalue weighted by Crippen LogP contribution is 2.27. The Morgan fingerprint density at radius 3 is 2.85 bits per heavy atom. The lowest BCUT2D eigenvalue weighted by Gasteiger charge is -2.11. The predicted molar refractivity (Wildman–Crippen MR) is 82.4 cm³/mol. The van der Waals surface area contributed by atoms with E-state index in [1.54, 1.807) is 19.2 Å². The lowest BCUT2D eigenvalue weighted by Crippen LogP contribution is -2.36. The Morgan fingerprint density at radius 1 is 1.45 bits per heavy atom. The molecular weight excluding hydrogens is 280 g/mol.